The molecule has 11 heavy (non-hydrogen) atoms. The molecule has 0 radical (unpaired) electrons. The summed E-state index contributed by atoms with van der Waals surface area (Å²) in [6, 6.07) is 2.02. The lowest BCUT2D eigenvalue weighted by Crippen LogP contribution is -2.11. The normalized spacial score (nSPS) is 13.3. The molecular formula is C7H13N3O. The van der Waals surface area contributed by atoms with E-state index in [1.54, 1.807) is 17.9 Å². The van der Waals surface area contributed by atoms with Crippen molar-refractivity contribution >= 4 is 5.82 Å². The van der Waals surface area contributed by atoms with Gasteiger partial charge in [0.15, 0.2) is 0 Å². The van der Waals surface area contributed by atoms with Crippen molar-refractivity contribution in [3.8, 4) is 0 Å². The molecule has 0 bridgehead atoms. The Bertz CT molecular complexity index is 221. The summed E-state index contributed by atoms with van der Waals surface area (Å²) in [4.78, 5) is 0. The standard InChI is InChI=1S/C7H13N3O/c1-6(5-11-2)10-4-3-7(8)9-10/h3-4,6H,5H2,1-2H3,(H2,8,9). The minimum Gasteiger partial charge on any atom is -0.382 e. The number of nitrogen functional groups attached to an aromatic ring is 1. The molecular weight excluding hydrogens is 142 g/mol. The number of nitrogens with zero attached hydrogens (tertiary/aromatic N) is 2. The lowest BCUT2D eigenvalue weighted by molar-refractivity contribution is 0.157. The average Bonchev–Trinajstić information content (AvgIpc) is 2.36. The van der Waals surface area contributed by atoms with Crippen LogP contribution in [0.25, 0.3) is 0 Å². The SMILES string of the molecule is COCC(C)n1ccc(N)n1. The third kappa shape index (κ3) is 1.94. The van der Waals surface area contributed by atoms with E-state index in [9.17, 15) is 0 Å². The maximum Gasteiger partial charge on any atom is 0.145 e. The Labute approximate surface area is 66.0 Å². The quantitative estimate of drug-likeness (QED) is 0.698. The fourth-order valence-electron chi connectivity index (χ4n) is 0.916. The molecule has 1 rings (SSSR count). The highest BCUT2D eigenvalue weighted by atomic mass is 16.5. The first kappa shape index (κ1) is 8.07. The van der Waals surface area contributed by atoms with E-state index in [1.807, 2.05) is 13.1 Å². The molecule has 1 heterocycles. The van der Waals surface area contributed by atoms with Gasteiger partial charge in [0, 0.05) is 13.3 Å². The van der Waals surface area contributed by atoms with Crippen molar-refractivity contribution < 1.29 is 4.74 Å². The number of nitrogens with two attached hydrogens (primary N) is 1. The second-order valence-electron chi connectivity index (χ2n) is 2.52. The topological polar surface area (TPSA) is 53.1 Å². The number of ether oxygens (including phenoxy) is 1. The van der Waals surface area contributed by atoms with Gasteiger partial charge in [-0.1, -0.05) is 0 Å². The molecule has 2 N–H and O–H groups in total. The number of aromatic nitrogens is 2. The van der Waals surface area contributed by atoms with E-state index in [1.165, 1.54) is 0 Å². The third-order valence-corrected chi connectivity index (χ3v) is 1.49. The zero-order chi connectivity index (χ0) is 8.27. The van der Waals surface area contributed by atoms with Crippen molar-refractivity contribution in [2.75, 3.05) is 19.5 Å². The Hall–Kier alpha value is -1.03. The molecule has 1 aromatic rings. The molecule has 0 aliphatic heterocycles. The van der Waals surface area contributed by atoms with Crippen LogP contribution in [-0.4, -0.2) is 23.5 Å². The van der Waals surface area contributed by atoms with Crippen molar-refractivity contribution in [2.24, 2.45) is 0 Å². The Morgan fingerprint density at radius 1 is 1.82 bits per heavy atom. The molecule has 0 saturated heterocycles. The third-order valence-electron chi connectivity index (χ3n) is 1.49. The molecule has 0 aromatic carbocycles. The Morgan fingerprint density at radius 3 is 3.00 bits per heavy atom. The fourth-order valence-corrected chi connectivity index (χ4v) is 0.916. The van der Waals surface area contributed by atoms with Gasteiger partial charge in [0.1, 0.15) is 5.82 Å². The van der Waals surface area contributed by atoms with Crippen LogP contribution < -0.4 is 5.73 Å². The van der Waals surface area contributed by atoms with Crippen LogP contribution in [0.5, 0.6) is 0 Å². The second kappa shape index (κ2) is 3.39. The summed E-state index contributed by atoms with van der Waals surface area (Å²) in [6.07, 6.45) is 1.85. The van der Waals surface area contributed by atoms with Crippen LogP contribution in [0, 0.1) is 0 Å². The van der Waals surface area contributed by atoms with Crippen LogP contribution >= 0.6 is 0 Å². The molecule has 4 heteroatoms. The van der Waals surface area contributed by atoms with Crippen molar-refractivity contribution in [3.63, 3.8) is 0 Å². The highest BCUT2D eigenvalue weighted by Crippen LogP contribution is 2.05. The molecule has 62 valence electrons. The van der Waals surface area contributed by atoms with Gasteiger partial charge in [0.05, 0.1) is 12.6 Å². The predicted molar refractivity (Wildman–Crippen MR) is 43.2 cm³/mol. The molecule has 0 aliphatic carbocycles. The lowest BCUT2D eigenvalue weighted by Gasteiger charge is -2.09. The predicted octanol–water partition coefficient (Wildman–Crippen LogP) is 0.673. The summed E-state index contributed by atoms with van der Waals surface area (Å²) in [7, 11) is 1.67. The molecule has 4 nitrogen and oxygen atoms in total. The van der Waals surface area contributed by atoms with Gasteiger partial charge in [0.25, 0.3) is 0 Å². The van der Waals surface area contributed by atoms with E-state index in [2.05, 4.69) is 5.10 Å². The van der Waals surface area contributed by atoms with E-state index in [0.29, 0.717) is 12.4 Å². The van der Waals surface area contributed by atoms with E-state index in [4.69, 9.17) is 10.5 Å². The van der Waals surface area contributed by atoms with Gasteiger partial charge in [0.2, 0.25) is 0 Å². The summed E-state index contributed by atoms with van der Waals surface area (Å²) in [5.74, 6) is 0.549. The molecule has 0 fully saturated rings. The molecule has 0 amide bonds. The van der Waals surface area contributed by atoms with Crippen LogP contribution in [0.1, 0.15) is 13.0 Å². The maximum absolute atomic E-state index is 5.44. The molecule has 0 saturated carbocycles. The first-order valence-electron chi connectivity index (χ1n) is 3.53. The number of methoxy groups -OCH3 is 1. The number of anilines is 1. The molecule has 0 aliphatic rings. The molecule has 0 spiro atoms. The van der Waals surface area contributed by atoms with E-state index < -0.39 is 0 Å². The Kier molecular flexibility index (Phi) is 2.48. The lowest BCUT2D eigenvalue weighted by atomic mass is 10.4. The highest BCUT2D eigenvalue weighted by Gasteiger charge is 2.03. The molecule has 1 atom stereocenters. The minimum atomic E-state index is 0.247. The Morgan fingerprint density at radius 2 is 2.55 bits per heavy atom. The molecule has 1 aromatic heterocycles. The highest BCUT2D eigenvalue weighted by molar-refractivity contribution is 5.23. The zero-order valence-corrected chi connectivity index (χ0v) is 6.82. The van der Waals surface area contributed by atoms with Crippen LogP contribution in [-0.2, 0) is 4.74 Å². The van der Waals surface area contributed by atoms with Crippen molar-refractivity contribution in [3.05, 3.63) is 12.3 Å². The summed E-state index contributed by atoms with van der Waals surface area (Å²) in [5.41, 5.74) is 5.44. The van der Waals surface area contributed by atoms with Crippen molar-refractivity contribution in [1.82, 2.24) is 9.78 Å². The van der Waals surface area contributed by atoms with Crippen LogP contribution in [0.3, 0.4) is 0 Å². The number of hydrogen-bond acceptors (Lipinski definition) is 3. The first-order chi connectivity index (χ1) is 5.24. The molecule has 1 unspecified atom stereocenters. The number of hydrogen-bond donors (Lipinski definition) is 1. The van der Waals surface area contributed by atoms with Gasteiger partial charge in [-0.05, 0) is 13.0 Å². The largest absolute Gasteiger partial charge is 0.382 e. The van der Waals surface area contributed by atoms with Gasteiger partial charge in [-0.25, -0.2) is 0 Å². The zero-order valence-electron chi connectivity index (χ0n) is 6.82. The van der Waals surface area contributed by atoms with Crippen LogP contribution in [0.4, 0.5) is 5.82 Å². The minimum absolute atomic E-state index is 0.247. The maximum atomic E-state index is 5.44. The van der Waals surface area contributed by atoms with Crippen LogP contribution in [0.15, 0.2) is 12.3 Å². The summed E-state index contributed by atoms with van der Waals surface area (Å²) in [5, 5.41) is 4.04. The van der Waals surface area contributed by atoms with Crippen LogP contribution in [0.2, 0.25) is 0 Å². The van der Waals surface area contributed by atoms with Crippen molar-refractivity contribution in [1.29, 1.82) is 0 Å². The summed E-state index contributed by atoms with van der Waals surface area (Å²) in [6.45, 7) is 2.68. The fraction of sp³-hybridized carbons (Fsp3) is 0.571. The monoisotopic (exact) mass is 155 g/mol. The van der Waals surface area contributed by atoms with Gasteiger partial charge >= 0.3 is 0 Å². The van der Waals surface area contributed by atoms with Gasteiger partial charge < -0.3 is 10.5 Å². The van der Waals surface area contributed by atoms with Crippen molar-refractivity contribution in [2.45, 2.75) is 13.0 Å². The average molecular weight is 155 g/mol. The van der Waals surface area contributed by atoms with E-state index in [-0.39, 0.29) is 6.04 Å². The van der Waals surface area contributed by atoms with Gasteiger partial charge in [-0.15, -0.1) is 0 Å². The Balaban J connectivity index is 2.60. The summed E-state index contributed by atoms with van der Waals surface area (Å²) >= 11 is 0. The van der Waals surface area contributed by atoms with E-state index in [0.717, 1.165) is 0 Å². The van der Waals surface area contributed by atoms with Gasteiger partial charge in [-0.2, -0.15) is 5.10 Å². The second-order valence-corrected chi connectivity index (χ2v) is 2.52. The first-order valence-corrected chi connectivity index (χ1v) is 3.53. The smallest absolute Gasteiger partial charge is 0.145 e. The number of rotatable bonds is 3. The van der Waals surface area contributed by atoms with Gasteiger partial charge in [-0.3, -0.25) is 4.68 Å². The summed E-state index contributed by atoms with van der Waals surface area (Å²) < 4.78 is 6.76. The van der Waals surface area contributed by atoms with E-state index >= 15 is 0 Å².